The lowest BCUT2D eigenvalue weighted by Crippen LogP contribution is -2.54. The number of hydrogen-bond acceptors (Lipinski definition) is 3. The predicted molar refractivity (Wildman–Crippen MR) is 75.9 cm³/mol. The van der Waals surface area contributed by atoms with Crippen molar-refractivity contribution in [2.75, 3.05) is 19.6 Å². The molecule has 3 aliphatic rings. The van der Waals surface area contributed by atoms with Crippen LogP contribution in [0.1, 0.15) is 45.4 Å². The second kappa shape index (κ2) is 5.80. The van der Waals surface area contributed by atoms with E-state index in [1.807, 2.05) is 0 Å². The second-order valence-corrected chi connectivity index (χ2v) is 6.70. The van der Waals surface area contributed by atoms with Crippen LogP contribution in [0.4, 0.5) is 0 Å². The third kappa shape index (κ3) is 3.11. The van der Waals surface area contributed by atoms with Crippen LogP contribution in [-0.4, -0.2) is 48.6 Å². The van der Waals surface area contributed by atoms with E-state index in [1.54, 1.807) is 0 Å². The number of rotatable bonds is 2. The first-order valence-corrected chi connectivity index (χ1v) is 8.00. The summed E-state index contributed by atoms with van der Waals surface area (Å²) in [6.07, 6.45) is 7.15. The van der Waals surface area contributed by atoms with Gasteiger partial charge in [-0.2, -0.15) is 0 Å². The molecule has 0 aliphatic carbocycles. The van der Waals surface area contributed by atoms with Gasteiger partial charge in [-0.05, 0) is 57.5 Å². The topological polar surface area (TPSA) is 44.4 Å². The lowest BCUT2D eigenvalue weighted by atomic mass is 9.92. The zero-order valence-corrected chi connectivity index (χ0v) is 12.0. The fourth-order valence-corrected chi connectivity index (χ4v) is 3.96. The van der Waals surface area contributed by atoms with Crippen molar-refractivity contribution >= 4 is 5.91 Å². The number of carbonyl (C=O) groups is 1. The van der Waals surface area contributed by atoms with E-state index >= 15 is 0 Å². The highest BCUT2D eigenvalue weighted by molar-refractivity contribution is 5.82. The average molecular weight is 265 g/mol. The summed E-state index contributed by atoms with van der Waals surface area (Å²) in [6, 6.07) is 1.19. The van der Waals surface area contributed by atoms with Gasteiger partial charge in [0.1, 0.15) is 0 Å². The molecule has 0 bridgehead atoms. The lowest BCUT2D eigenvalue weighted by molar-refractivity contribution is -0.125. The molecule has 0 aromatic carbocycles. The minimum Gasteiger partial charge on any atom is -0.352 e. The van der Waals surface area contributed by atoms with E-state index in [0.717, 1.165) is 31.8 Å². The maximum Gasteiger partial charge on any atom is 0.237 e. The van der Waals surface area contributed by atoms with Crippen LogP contribution in [0.25, 0.3) is 0 Å². The predicted octanol–water partition coefficient (Wildman–Crippen LogP) is 1.12. The van der Waals surface area contributed by atoms with Gasteiger partial charge >= 0.3 is 0 Å². The molecule has 0 radical (unpaired) electrons. The Balaban J connectivity index is 1.49. The molecular formula is C15H27N3O. The molecule has 3 heterocycles. The Bertz CT molecular complexity index is 333. The van der Waals surface area contributed by atoms with E-state index in [2.05, 4.69) is 22.5 Å². The molecule has 3 aliphatic heterocycles. The average Bonchev–Trinajstić information content (AvgIpc) is 2.86. The maximum absolute atomic E-state index is 12.3. The van der Waals surface area contributed by atoms with Crippen molar-refractivity contribution in [3.05, 3.63) is 0 Å². The summed E-state index contributed by atoms with van der Waals surface area (Å²) >= 11 is 0. The molecule has 3 fully saturated rings. The van der Waals surface area contributed by atoms with Gasteiger partial charge in [-0.3, -0.25) is 4.79 Å². The summed E-state index contributed by atoms with van der Waals surface area (Å²) in [5.74, 6) is 0.914. The first-order chi connectivity index (χ1) is 9.22. The molecule has 19 heavy (non-hydrogen) atoms. The van der Waals surface area contributed by atoms with Gasteiger partial charge in [0, 0.05) is 18.6 Å². The van der Waals surface area contributed by atoms with Gasteiger partial charge in [0.05, 0.1) is 6.04 Å². The highest BCUT2D eigenvalue weighted by atomic mass is 16.2. The molecule has 3 rings (SSSR count). The molecule has 1 amide bonds. The van der Waals surface area contributed by atoms with Crippen molar-refractivity contribution in [2.45, 2.75) is 63.6 Å². The molecule has 4 heteroatoms. The van der Waals surface area contributed by atoms with Crippen LogP contribution in [0.3, 0.4) is 0 Å². The number of nitrogens with zero attached hydrogens (tertiary/aromatic N) is 1. The Hall–Kier alpha value is -0.610. The van der Waals surface area contributed by atoms with Crippen molar-refractivity contribution < 1.29 is 4.79 Å². The van der Waals surface area contributed by atoms with Crippen LogP contribution >= 0.6 is 0 Å². The van der Waals surface area contributed by atoms with Crippen LogP contribution in [0.5, 0.6) is 0 Å². The highest BCUT2D eigenvalue weighted by Gasteiger charge is 2.33. The fourth-order valence-electron chi connectivity index (χ4n) is 3.96. The second-order valence-electron chi connectivity index (χ2n) is 6.70. The first-order valence-electron chi connectivity index (χ1n) is 8.00. The molecule has 108 valence electrons. The van der Waals surface area contributed by atoms with Gasteiger partial charge in [-0.25, -0.2) is 0 Å². The third-order valence-electron chi connectivity index (χ3n) is 5.15. The number of nitrogens with one attached hydrogen (secondary N) is 2. The van der Waals surface area contributed by atoms with Crippen LogP contribution in [0, 0.1) is 5.92 Å². The summed E-state index contributed by atoms with van der Waals surface area (Å²) in [5, 5.41) is 6.66. The molecular weight excluding hydrogens is 238 g/mol. The van der Waals surface area contributed by atoms with Gasteiger partial charge in [0.25, 0.3) is 0 Å². The van der Waals surface area contributed by atoms with Crippen molar-refractivity contribution in [3.63, 3.8) is 0 Å². The van der Waals surface area contributed by atoms with Crippen molar-refractivity contribution in [3.8, 4) is 0 Å². The minimum atomic E-state index is 0.0466. The summed E-state index contributed by atoms with van der Waals surface area (Å²) < 4.78 is 0. The minimum absolute atomic E-state index is 0.0466. The molecule has 0 aromatic heterocycles. The SMILES string of the molecule is CC1CCNC(C(=O)NC2CCN3CCCC3C2)C1. The summed E-state index contributed by atoms with van der Waals surface area (Å²) in [5.41, 5.74) is 0. The fraction of sp³-hybridized carbons (Fsp3) is 0.933. The van der Waals surface area contributed by atoms with Crippen LogP contribution in [0.2, 0.25) is 0 Å². The Morgan fingerprint density at radius 1 is 1.21 bits per heavy atom. The molecule has 0 saturated carbocycles. The number of piperidine rings is 2. The van der Waals surface area contributed by atoms with Crippen LogP contribution < -0.4 is 10.6 Å². The Labute approximate surface area is 116 Å². The van der Waals surface area contributed by atoms with E-state index in [9.17, 15) is 4.79 Å². The standard InChI is InChI=1S/C15H27N3O/c1-11-4-6-16-14(9-11)15(19)17-12-5-8-18-7-2-3-13(18)10-12/h11-14,16H,2-10H2,1H3,(H,17,19). The molecule has 2 N–H and O–H groups in total. The lowest BCUT2D eigenvalue weighted by Gasteiger charge is -2.36. The van der Waals surface area contributed by atoms with Crippen molar-refractivity contribution in [1.29, 1.82) is 0 Å². The number of hydrogen-bond donors (Lipinski definition) is 2. The molecule has 4 atom stereocenters. The zero-order chi connectivity index (χ0) is 13.2. The van der Waals surface area contributed by atoms with E-state index in [-0.39, 0.29) is 11.9 Å². The van der Waals surface area contributed by atoms with Gasteiger partial charge in [0.15, 0.2) is 0 Å². The van der Waals surface area contributed by atoms with E-state index < -0.39 is 0 Å². The Morgan fingerprint density at radius 3 is 2.95 bits per heavy atom. The molecule has 3 saturated heterocycles. The number of amides is 1. The van der Waals surface area contributed by atoms with Crippen molar-refractivity contribution in [1.82, 2.24) is 15.5 Å². The van der Waals surface area contributed by atoms with Crippen molar-refractivity contribution in [2.24, 2.45) is 5.92 Å². The first kappa shape index (κ1) is 13.4. The Kier molecular flexibility index (Phi) is 4.08. The molecule has 4 nitrogen and oxygen atoms in total. The smallest absolute Gasteiger partial charge is 0.237 e. The van der Waals surface area contributed by atoms with E-state index in [1.165, 1.54) is 32.4 Å². The molecule has 0 spiro atoms. The maximum atomic E-state index is 12.3. The quantitative estimate of drug-likeness (QED) is 0.786. The van der Waals surface area contributed by atoms with Crippen LogP contribution in [-0.2, 0) is 4.79 Å². The summed E-state index contributed by atoms with van der Waals surface area (Å²) in [7, 11) is 0. The zero-order valence-electron chi connectivity index (χ0n) is 12.0. The van der Waals surface area contributed by atoms with Gasteiger partial charge in [0.2, 0.25) is 5.91 Å². The van der Waals surface area contributed by atoms with E-state index in [4.69, 9.17) is 0 Å². The highest BCUT2D eigenvalue weighted by Crippen LogP contribution is 2.27. The third-order valence-corrected chi connectivity index (χ3v) is 5.15. The summed E-state index contributed by atoms with van der Waals surface area (Å²) in [6.45, 7) is 5.68. The normalized spacial score (nSPS) is 39.8. The Morgan fingerprint density at radius 2 is 2.11 bits per heavy atom. The molecule has 4 unspecified atom stereocenters. The number of fused-ring (bicyclic) bond motifs is 1. The van der Waals surface area contributed by atoms with Gasteiger partial charge in [-0.15, -0.1) is 0 Å². The monoisotopic (exact) mass is 265 g/mol. The van der Waals surface area contributed by atoms with Gasteiger partial charge < -0.3 is 15.5 Å². The molecule has 0 aromatic rings. The number of carbonyl (C=O) groups excluding carboxylic acids is 1. The summed E-state index contributed by atoms with van der Waals surface area (Å²) in [4.78, 5) is 14.9. The van der Waals surface area contributed by atoms with E-state index in [0.29, 0.717) is 12.0 Å². The largest absolute Gasteiger partial charge is 0.352 e. The van der Waals surface area contributed by atoms with Gasteiger partial charge in [-0.1, -0.05) is 6.92 Å². The van der Waals surface area contributed by atoms with Crippen LogP contribution in [0.15, 0.2) is 0 Å².